The van der Waals surface area contributed by atoms with Crippen molar-refractivity contribution in [1.29, 1.82) is 10.5 Å². The third kappa shape index (κ3) is 1.54. The molecule has 0 N–H and O–H groups in total. The Kier molecular flexibility index (Phi) is 2.67. The van der Waals surface area contributed by atoms with Gasteiger partial charge in [-0.3, -0.25) is 0 Å². The van der Waals surface area contributed by atoms with Gasteiger partial charge in [0.15, 0.2) is 12.1 Å². The highest BCUT2D eigenvalue weighted by atomic mass is 14.3. The van der Waals surface area contributed by atoms with E-state index in [9.17, 15) is 0 Å². The monoisotopic (exact) mass is 204 g/mol. The molecule has 0 amide bonds. The molecule has 1 aliphatic rings. The molecule has 74 valence electrons. The van der Waals surface area contributed by atoms with E-state index in [1.165, 1.54) is 34.4 Å². The lowest BCUT2D eigenvalue weighted by atomic mass is 9.81. The molecule has 2 heteroatoms. The number of hydrogen-bond acceptors (Lipinski definition) is 2. The van der Waals surface area contributed by atoms with E-state index in [0.29, 0.717) is 0 Å². The van der Waals surface area contributed by atoms with Crippen LogP contribution in [0.1, 0.15) is 0 Å². The van der Waals surface area contributed by atoms with Crippen LogP contribution in [0.5, 0.6) is 0 Å². The van der Waals surface area contributed by atoms with Crippen LogP contribution in [-0.2, 0) is 0 Å². The summed E-state index contributed by atoms with van der Waals surface area (Å²) >= 11 is 0. The molecule has 2 nitrogen and oxygen atoms in total. The summed E-state index contributed by atoms with van der Waals surface area (Å²) in [6.45, 7) is 0. The summed E-state index contributed by atoms with van der Waals surface area (Å²) in [5.41, 5.74) is 5.59. The van der Waals surface area contributed by atoms with E-state index in [1.807, 2.05) is 0 Å². The van der Waals surface area contributed by atoms with Crippen LogP contribution in [0.25, 0.3) is 22.3 Å². The maximum absolute atomic E-state index is 7.26. The molecule has 0 aliphatic heterocycles. The lowest BCUT2D eigenvalue weighted by molar-refractivity contribution is 1.49. The van der Waals surface area contributed by atoms with Crippen LogP contribution in [0, 0.1) is 22.7 Å². The fourth-order valence-corrected chi connectivity index (χ4v) is 1.84. The normalized spacial score (nSPS) is 9.12. The molecule has 0 fully saturated rings. The van der Waals surface area contributed by atoms with Gasteiger partial charge in [-0.05, 0) is 22.3 Å². The van der Waals surface area contributed by atoms with Crippen molar-refractivity contribution >= 4 is 0 Å². The topological polar surface area (TPSA) is 47.6 Å². The van der Waals surface area contributed by atoms with Crippen molar-refractivity contribution in [3.05, 3.63) is 48.5 Å². The molecule has 0 unspecified atom stereocenters. The van der Waals surface area contributed by atoms with Crippen LogP contribution in [-0.4, -0.2) is 0 Å². The summed E-state index contributed by atoms with van der Waals surface area (Å²) in [6.07, 6.45) is 0. The minimum absolute atomic E-state index is 1.24. The molecule has 0 aromatic heterocycles. The number of nitrogens with zero attached hydrogens (tertiary/aromatic N) is 2. The van der Waals surface area contributed by atoms with Gasteiger partial charge in [-0.15, -0.1) is 0 Å². The van der Waals surface area contributed by atoms with Gasteiger partial charge in [0.05, 0.1) is 0 Å². The molecule has 3 rings (SSSR count). The first-order valence-electron chi connectivity index (χ1n) is 4.85. The molecule has 0 saturated carbocycles. The van der Waals surface area contributed by atoms with Crippen molar-refractivity contribution in [2.45, 2.75) is 0 Å². The quantitative estimate of drug-likeness (QED) is 0.563. The summed E-state index contributed by atoms with van der Waals surface area (Å²) in [5, 5.41) is 14.5. The van der Waals surface area contributed by atoms with Crippen LogP contribution in [0.3, 0.4) is 0 Å². The van der Waals surface area contributed by atoms with E-state index in [-0.39, 0.29) is 0 Å². The van der Waals surface area contributed by atoms with Gasteiger partial charge in [0.2, 0.25) is 0 Å². The standard InChI is InChI=1S/C12H8.C2N2/c1-2-6-10-9(5-1)11-7-3-4-8-12(10)11;3-1-2-4/h1-8H;. The fourth-order valence-electron chi connectivity index (χ4n) is 1.84. The average Bonchev–Trinajstić information content (AvgIpc) is 2.36. The highest BCUT2D eigenvalue weighted by molar-refractivity contribution is 6.02. The number of rotatable bonds is 0. The predicted molar refractivity (Wildman–Crippen MR) is 62.1 cm³/mol. The number of fused-ring (bicyclic) bond motifs is 4. The Morgan fingerprint density at radius 2 is 0.812 bits per heavy atom. The lowest BCUT2D eigenvalue weighted by Crippen LogP contribution is -1.96. The third-order valence-electron chi connectivity index (χ3n) is 2.48. The smallest absolute Gasteiger partial charge is 0.181 e. The Balaban J connectivity index is 0.000000212. The summed E-state index contributed by atoms with van der Waals surface area (Å²) < 4.78 is 0. The van der Waals surface area contributed by atoms with Gasteiger partial charge in [0.25, 0.3) is 0 Å². The average molecular weight is 204 g/mol. The highest BCUT2D eigenvalue weighted by Gasteiger charge is 2.19. The van der Waals surface area contributed by atoms with Gasteiger partial charge >= 0.3 is 0 Å². The van der Waals surface area contributed by atoms with E-state index in [2.05, 4.69) is 48.5 Å². The van der Waals surface area contributed by atoms with Gasteiger partial charge in [0.1, 0.15) is 0 Å². The summed E-state index contributed by atoms with van der Waals surface area (Å²) in [6, 6.07) is 19.6. The van der Waals surface area contributed by atoms with Crippen LogP contribution in [0.4, 0.5) is 0 Å². The predicted octanol–water partition coefficient (Wildman–Crippen LogP) is 3.37. The first-order chi connectivity index (χ1) is 7.88. The molecule has 0 radical (unpaired) electrons. The Morgan fingerprint density at radius 1 is 0.562 bits per heavy atom. The van der Waals surface area contributed by atoms with Crippen LogP contribution < -0.4 is 0 Å². The van der Waals surface area contributed by atoms with Gasteiger partial charge in [-0.1, -0.05) is 48.5 Å². The van der Waals surface area contributed by atoms with E-state index in [4.69, 9.17) is 10.5 Å². The van der Waals surface area contributed by atoms with Crippen molar-refractivity contribution < 1.29 is 0 Å². The first-order valence-corrected chi connectivity index (χ1v) is 4.85. The summed E-state index contributed by atoms with van der Waals surface area (Å²) in [5.74, 6) is 0. The fraction of sp³-hybridized carbons (Fsp3) is 0. The number of benzene rings is 2. The minimum Gasteiger partial charge on any atom is -0.181 e. The van der Waals surface area contributed by atoms with E-state index >= 15 is 0 Å². The molecule has 0 atom stereocenters. The molecule has 0 bridgehead atoms. The Bertz CT molecular complexity index is 489. The van der Waals surface area contributed by atoms with Gasteiger partial charge < -0.3 is 0 Å². The molecule has 0 heterocycles. The Morgan fingerprint density at radius 3 is 1.00 bits per heavy atom. The van der Waals surface area contributed by atoms with Crippen molar-refractivity contribution in [3.63, 3.8) is 0 Å². The Hall–Kier alpha value is -2.58. The maximum atomic E-state index is 7.26. The van der Waals surface area contributed by atoms with E-state index in [0.717, 1.165) is 0 Å². The van der Waals surface area contributed by atoms with Gasteiger partial charge in [-0.2, -0.15) is 10.5 Å². The second-order valence-electron chi connectivity index (χ2n) is 3.31. The van der Waals surface area contributed by atoms with E-state index in [1.54, 1.807) is 0 Å². The van der Waals surface area contributed by atoms with Gasteiger partial charge in [0, 0.05) is 0 Å². The molecule has 0 saturated heterocycles. The van der Waals surface area contributed by atoms with Crippen molar-refractivity contribution in [2.24, 2.45) is 0 Å². The first kappa shape index (κ1) is 9.96. The molecule has 16 heavy (non-hydrogen) atoms. The summed E-state index contributed by atoms with van der Waals surface area (Å²) in [7, 11) is 0. The zero-order valence-electron chi connectivity index (χ0n) is 8.51. The van der Waals surface area contributed by atoms with E-state index < -0.39 is 0 Å². The molecular weight excluding hydrogens is 196 g/mol. The van der Waals surface area contributed by atoms with Crippen molar-refractivity contribution in [2.75, 3.05) is 0 Å². The van der Waals surface area contributed by atoms with Crippen molar-refractivity contribution in [1.82, 2.24) is 0 Å². The lowest BCUT2D eigenvalue weighted by Gasteiger charge is -2.22. The molecule has 0 spiro atoms. The maximum Gasteiger partial charge on any atom is 0.181 e. The molecule has 1 aliphatic carbocycles. The Labute approximate surface area is 94.0 Å². The van der Waals surface area contributed by atoms with Gasteiger partial charge in [-0.25, -0.2) is 0 Å². The second-order valence-corrected chi connectivity index (χ2v) is 3.31. The van der Waals surface area contributed by atoms with Crippen LogP contribution >= 0.6 is 0 Å². The minimum atomic E-state index is 1.24. The SMILES string of the molecule is N#CC#N.c1ccc2c(c1)-c1ccccc1-2. The molecule has 2 aromatic carbocycles. The highest BCUT2D eigenvalue weighted by Crippen LogP contribution is 2.46. The van der Waals surface area contributed by atoms with Crippen LogP contribution in [0.2, 0.25) is 0 Å². The largest absolute Gasteiger partial charge is 0.181 e. The molecule has 2 aromatic rings. The van der Waals surface area contributed by atoms with Crippen LogP contribution in [0.15, 0.2) is 48.5 Å². The second kappa shape index (κ2) is 4.29. The molecular formula is C14H8N2. The zero-order chi connectivity index (χ0) is 11.4. The number of nitriles is 2. The third-order valence-corrected chi connectivity index (χ3v) is 2.48. The zero-order valence-corrected chi connectivity index (χ0v) is 8.51. The summed E-state index contributed by atoms with van der Waals surface area (Å²) in [4.78, 5) is 0. The van der Waals surface area contributed by atoms with Crippen molar-refractivity contribution in [3.8, 4) is 34.4 Å². The number of hydrogen-bond donors (Lipinski definition) is 0.